The summed E-state index contributed by atoms with van der Waals surface area (Å²) in [5, 5.41) is 0. The number of ether oxygens (including phenoxy) is 1. The summed E-state index contributed by atoms with van der Waals surface area (Å²) in [7, 11) is -2.72. The van der Waals surface area contributed by atoms with Crippen molar-refractivity contribution >= 4 is 9.84 Å². The Morgan fingerprint density at radius 3 is 2.47 bits per heavy atom. The van der Waals surface area contributed by atoms with Crippen molar-refractivity contribution in [1.29, 1.82) is 0 Å². The largest absolute Gasteiger partial charge is 0.501 e. The normalized spacial score (nSPS) is 26.1. The highest BCUT2D eigenvalue weighted by Gasteiger charge is 2.44. The molecule has 98 valence electrons. The van der Waals surface area contributed by atoms with E-state index in [1.54, 1.807) is 0 Å². The number of hydrogen-bond acceptors (Lipinski definition) is 3. The highest BCUT2D eigenvalue weighted by atomic mass is 32.2. The Kier molecular flexibility index (Phi) is 3.81. The van der Waals surface area contributed by atoms with Crippen molar-refractivity contribution in [3.63, 3.8) is 0 Å². The van der Waals surface area contributed by atoms with E-state index in [4.69, 9.17) is 4.74 Å². The van der Waals surface area contributed by atoms with Crippen molar-refractivity contribution in [2.75, 3.05) is 18.1 Å². The van der Waals surface area contributed by atoms with Gasteiger partial charge in [0.2, 0.25) is 0 Å². The van der Waals surface area contributed by atoms with E-state index >= 15 is 0 Å². The molecule has 0 radical (unpaired) electrons. The lowest BCUT2D eigenvalue weighted by Gasteiger charge is -2.37. The average Bonchev–Trinajstić information content (AvgIpc) is 2.23. The Balaban J connectivity index is 1.66. The Labute approximate surface area is 104 Å². The Hall–Kier alpha value is -0.510. The molecule has 0 aromatic heterocycles. The van der Waals surface area contributed by atoms with Crippen LogP contribution in [0.1, 0.15) is 45.4 Å². The SMILES string of the molecule is CC1(CCOC=C2CCCCC2)CS(=O)(=O)C1. The van der Waals surface area contributed by atoms with Crippen molar-refractivity contribution in [1.82, 2.24) is 0 Å². The van der Waals surface area contributed by atoms with E-state index in [9.17, 15) is 8.42 Å². The number of sulfone groups is 1. The third kappa shape index (κ3) is 3.73. The zero-order valence-electron chi connectivity index (χ0n) is 10.6. The van der Waals surface area contributed by atoms with Gasteiger partial charge in [-0.15, -0.1) is 0 Å². The first kappa shape index (κ1) is 12.9. The van der Waals surface area contributed by atoms with E-state index in [-0.39, 0.29) is 5.41 Å². The molecule has 2 aliphatic rings. The average molecular weight is 258 g/mol. The summed E-state index contributed by atoms with van der Waals surface area (Å²) in [4.78, 5) is 0. The summed E-state index contributed by atoms with van der Waals surface area (Å²) >= 11 is 0. The van der Waals surface area contributed by atoms with Crippen molar-refractivity contribution in [2.24, 2.45) is 5.41 Å². The van der Waals surface area contributed by atoms with Gasteiger partial charge in [0.05, 0.1) is 24.4 Å². The van der Waals surface area contributed by atoms with E-state index in [0.29, 0.717) is 18.1 Å². The molecule has 3 nitrogen and oxygen atoms in total. The summed E-state index contributed by atoms with van der Waals surface area (Å²) in [6.45, 7) is 2.68. The van der Waals surface area contributed by atoms with E-state index in [2.05, 4.69) is 0 Å². The number of allylic oxidation sites excluding steroid dienone is 1. The minimum Gasteiger partial charge on any atom is -0.501 e. The molecular formula is C13H22O3S. The molecule has 1 saturated heterocycles. The highest BCUT2D eigenvalue weighted by molar-refractivity contribution is 7.92. The van der Waals surface area contributed by atoms with Gasteiger partial charge in [-0.2, -0.15) is 0 Å². The van der Waals surface area contributed by atoms with Crippen LogP contribution < -0.4 is 0 Å². The molecule has 0 aromatic rings. The summed E-state index contributed by atoms with van der Waals surface area (Å²) in [5.41, 5.74) is 1.38. The van der Waals surface area contributed by atoms with Gasteiger partial charge < -0.3 is 4.74 Å². The van der Waals surface area contributed by atoms with Crippen LogP contribution in [0.2, 0.25) is 0 Å². The van der Waals surface area contributed by atoms with Crippen LogP contribution in [0.4, 0.5) is 0 Å². The highest BCUT2D eigenvalue weighted by Crippen LogP contribution is 2.35. The van der Waals surface area contributed by atoms with E-state index in [0.717, 1.165) is 6.42 Å². The van der Waals surface area contributed by atoms with Crippen LogP contribution in [0.25, 0.3) is 0 Å². The van der Waals surface area contributed by atoms with Crippen LogP contribution in [0.15, 0.2) is 11.8 Å². The summed E-state index contributed by atoms with van der Waals surface area (Å²) in [6.07, 6.45) is 9.01. The molecule has 17 heavy (non-hydrogen) atoms. The molecule has 1 saturated carbocycles. The third-order valence-electron chi connectivity index (χ3n) is 3.71. The van der Waals surface area contributed by atoms with Gasteiger partial charge in [0.1, 0.15) is 0 Å². The van der Waals surface area contributed by atoms with Gasteiger partial charge in [-0.05, 0) is 43.1 Å². The fourth-order valence-electron chi connectivity index (χ4n) is 2.77. The smallest absolute Gasteiger partial charge is 0.151 e. The van der Waals surface area contributed by atoms with Gasteiger partial charge in [0.25, 0.3) is 0 Å². The van der Waals surface area contributed by atoms with Gasteiger partial charge in [0, 0.05) is 0 Å². The fraction of sp³-hybridized carbons (Fsp3) is 0.846. The maximum atomic E-state index is 11.1. The standard InChI is InChI=1S/C13H22O3S/c1-13(10-17(14,15)11-13)7-8-16-9-12-5-3-2-4-6-12/h9H,2-8,10-11H2,1H3. The lowest BCUT2D eigenvalue weighted by Crippen LogP contribution is -2.46. The first-order chi connectivity index (χ1) is 7.99. The second kappa shape index (κ2) is 5.01. The maximum absolute atomic E-state index is 11.1. The quantitative estimate of drug-likeness (QED) is 0.575. The maximum Gasteiger partial charge on any atom is 0.151 e. The van der Waals surface area contributed by atoms with Crippen molar-refractivity contribution < 1.29 is 13.2 Å². The Morgan fingerprint density at radius 1 is 1.24 bits per heavy atom. The van der Waals surface area contributed by atoms with Crippen LogP contribution >= 0.6 is 0 Å². The third-order valence-corrected chi connectivity index (χ3v) is 5.98. The summed E-state index contributed by atoms with van der Waals surface area (Å²) < 4.78 is 27.8. The minimum absolute atomic E-state index is 0.0378. The van der Waals surface area contributed by atoms with E-state index in [1.807, 2.05) is 13.2 Å². The van der Waals surface area contributed by atoms with Crippen LogP contribution in [0, 0.1) is 5.41 Å². The molecule has 0 N–H and O–H groups in total. The Bertz CT molecular complexity index is 375. The predicted molar refractivity (Wildman–Crippen MR) is 68.5 cm³/mol. The first-order valence-electron chi connectivity index (χ1n) is 6.49. The molecule has 2 rings (SSSR count). The molecule has 1 aliphatic carbocycles. The van der Waals surface area contributed by atoms with Gasteiger partial charge in [-0.1, -0.05) is 13.3 Å². The molecule has 0 aromatic carbocycles. The van der Waals surface area contributed by atoms with Gasteiger partial charge in [-0.3, -0.25) is 0 Å². The van der Waals surface area contributed by atoms with Gasteiger partial charge in [0.15, 0.2) is 9.84 Å². The molecular weight excluding hydrogens is 236 g/mol. The zero-order chi connectivity index (χ0) is 12.4. The van der Waals surface area contributed by atoms with Crippen LogP contribution in [0.5, 0.6) is 0 Å². The monoisotopic (exact) mass is 258 g/mol. The predicted octanol–water partition coefficient (Wildman–Crippen LogP) is 2.68. The van der Waals surface area contributed by atoms with Crippen LogP contribution in [-0.2, 0) is 14.6 Å². The topological polar surface area (TPSA) is 43.4 Å². The summed E-state index contributed by atoms with van der Waals surface area (Å²) in [6, 6.07) is 0. The molecule has 1 aliphatic heterocycles. The van der Waals surface area contributed by atoms with Gasteiger partial charge >= 0.3 is 0 Å². The lowest BCUT2D eigenvalue weighted by molar-refractivity contribution is 0.188. The molecule has 0 spiro atoms. The number of rotatable bonds is 4. The molecule has 2 fully saturated rings. The van der Waals surface area contributed by atoms with E-state index < -0.39 is 9.84 Å². The minimum atomic E-state index is -2.72. The lowest BCUT2D eigenvalue weighted by atomic mass is 9.91. The van der Waals surface area contributed by atoms with Gasteiger partial charge in [-0.25, -0.2) is 8.42 Å². The van der Waals surface area contributed by atoms with Crippen LogP contribution in [-0.4, -0.2) is 26.5 Å². The molecule has 0 unspecified atom stereocenters. The molecule has 1 heterocycles. The van der Waals surface area contributed by atoms with Crippen molar-refractivity contribution in [3.8, 4) is 0 Å². The zero-order valence-corrected chi connectivity index (χ0v) is 11.4. The first-order valence-corrected chi connectivity index (χ1v) is 8.31. The van der Waals surface area contributed by atoms with Crippen molar-refractivity contribution in [2.45, 2.75) is 45.4 Å². The molecule has 0 amide bonds. The van der Waals surface area contributed by atoms with Crippen LogP contribution in [0.3, 0.4) is 0 Å². The molecule has 0 bridgehead atoms. The van der Waals surface area contributed by atoms with Crippen molar-refractivity contribution in [3.05, 3.63) is 11.8 Å². The Morgan fingerprint density at radius 2 is 1.88 bits per heavy atom. The van der Waals surface area contributed by atoms with E-state index in [1.165, 1.54) is 37.7 Å². The second-order valence-corrected chi connectivity index (χ2v) is 7.86. The molecule has 0 atom stereocenters. The summed E-state index contributed by atoms with van der Waals surface area (Å²) in [5.74, 6) is 0.667. The molecule has 4 heteroatoms. The number of hydrogen-bond donors (Lipinski definition) is 0. The fourth-order valence-corrected chi connectivity index (χ4v) is 5.10. The second-order valence-electron chi connectivity index (χ2n) is 5.80.